The molecule has 1 atom stereocenters. The first-order valence-electron chi connectivity index (χ1n) is 4.92. The van der Waals surface area contributed by atoms with Gasteiger partial charge in [-0.15, -0.1) is 0 Å². The summed E-state index contributed by atoms with van der Waals surface area (Å²) >= 11 is 0. The molecule has 1 saturated carbocycles. The lowest BCUT2D eigenvalue weighted by Crippen LogP contribution is -2.46. The summed E-state index contributed by atoms with van der Waals surface area (Å²) in [5.74, 6) is 6.19. The van der Waals surface area contributed by atoms with Gasteiger partial charge in [0.1, 0.15) is 0 Å². The van der Waals surface area contributed by atoms with Crippen LogP contribution in [-0.2, 0) is 4.74 Å². The Bertz CT molecular complexity index is 115. The molecular formula is C9H20N2O. The second-order valence-corrected chi connectivity index (χ2v) is 3.54. The minimum atomic E-state index is 0.380. The van der Waals surface area contributed by atoms with Gasteiger partial charge in [0.2, 0.25) is 0 Å². The minimum Gasteiger partial charge on any atom is -0.380 e. The van der Waals surface area contributed by atoms with E-state index in [-0.39, 0.29) is 0 Å². The summed E-state index contributed by atoms with van der Waals surface area (Å²) in [6.07, 6.45) is 5.06. The van der Waals surface area contributed by atoms with Gasteiger partial charge in [-0.25, -0.2) is 0 Å². The molecule has 1 aliphatic carbocycles. The summed E-state index contributed by atoms with van der Waals surface area (Å²) in [4.78, 5) is 0. The van der Waals surface area contributed by atoms with Crippen LogP contribution in [0.15, 0.2) is 0 Å². The number of hydrazine groups is 1. The van der Waals surface area contributed by atoms with Crippen molar-refractivity contribution in [3.8, 4) is 0 Å². The van der Waals surface area contributed by atoms with E-state index < -0.39 is 0 Å². The Morgan fingerprint density at radius 1 is 1.58 bits per heavy atom. The first kappa shape index (κ1) is 9.96. The van der Waals surface area contributed by atoms with Crippen molar-refractivity contribution < 1.29 is 4.74 Å². The molecule has 12 heavy (non-hydrogen) atoms. The molecule has 1 unspecified atom stereocenters. The Kier molecular flexibility index (Phi) is 4.58. The lowest BCUT2D eigenvalue weighted by atomic mass is 9.80. The quantitative estimate of drug-likeness (QED) is 0.357. The third-order valence-corrected chi connectivity index (χ3v) is 2.58. The Balaban J connectivity index is 2.07. The Morgan fingerprint density at radius 3 is 2.75 bits per heavy atom. The number of hydrogen-bond acceptors (Lipinski definition) is 3. The van der Waals surface area contributed by atoms with Gasteiger partial charge >= 0.3 is 0 Å². The maximum atomic E-state index is 5.45. The van der Waals surface area contributed by atoms with Crippen LogP contribution in [0.25, 0.3) is 0 Å². The maximum absolute atomic E-state index is 5.45. The van der Waals surface area contributed by atoms with Crippen molar-refractivity contribution in [2.24, 2.45) is 11.8 Å². The second-order valence-electron chi connectivity index (χ2n) is 3.54. The number of hydrogen-bond donors (Lipinski definition) is 2. The molecule has 0 aromatic heterocycles. The molecule has 1 fully saturated rings. The Hall–Kier alpha value is -0.120. The Labute approximate surface area is 74.6 Å². The molecule has 0 saturated heterocycles. The topological polar surface area (TPSA) is 47.3 Å². The largest absolute Gasteiger partial charge is 0.380 e. The predicted octanol–water partition coefficient (Wildman–Crippen LogP) is 1.04. The van der Waals surface area contributed by atoms with Gasteiger partial charge in [0, 0.05) is 12.6 Å². The van der Waals surface area contributed by atoms with E-state index in [1.807, 2.05) is 0 Å². The summed E-state index contributed by atoms with van der Waals surface area (Å²) in [7, 11) is 0. The van der Waals surface area contributed by atoms with Gasteiger partial charge in [0.05, 0.1) is 6.61 Å². The Morgan fingerprint density at radius 2 is 2.33 bits per heavy atom. The molecule has 0 aliphatic heterocycles. The predicted molar refractivity (Wildman–Crippen MR) is 49.6 cm³/mol. The van der Waals surface area contributed by atoms with E-state index in [9.17, 15) is 0 Å². The van der Waals surface area contributed by atoms with Crippen molar-refractivity contribution in [3.05, 3.63) is 0 Å². The van der Waals surface area contributed by atoms with Gasteiger partial charge in [-0.3, -0.25) is 11.3 Å². The summed E-state index contributed by atoms with van der Waals surface area (Å²) in [5, 5.41) is 0. The molecule has 1 rings (SSSR count). The summed E-state index contributed by atoms with van der Waals surface area (Å²) in [6.45, 7) is 3.74. The first-order valence-corrected chi connectivity index (χ1v) is 4.92. The highest BCUT2D eigenvalue weighted by molar-refractivity contribution is 4.80. The molecule has 1 aliphatic rings. The van der Waals surface area contributed by atoms with E-state index in [1.165, 1.54) is 19.3 Å². The van der Waals surface area contributed by atoms with Crippen molar-refractivity contribution >= 4 is 0 Å². The lowest BCUT2D eigenvalue weighted by molar-refractivity contribution is 0.0750. The average molecular weight is 172 g/mol. The number of ether oxygens (including phenoxy) is 1. The summed E-state index contributed by atoms with van der Waals surface area (Å²) in [6, 6.07) is 0.380. The van der Waals surface area contributed by atoms with Crippen LogP contribution in [0.4, 0.5) is 0 Å². The van der Waals surface area contributed by atoms with E-state index in [0.29, 0.717) is 6.04 Å². The fraction of sp³-hybridized carbons (Fsp3) is 1.00. The maximum Gasteiger partial charge on any atom is 0.0635 e. The highest BCUT2D eigenvalue weighted by Crippen LogP contribution is 2.29. The smallest absolute Gasteiger partial charge is 0.0635 e. The molecule has 0 bridgehead atoms. The van der Waals surface area contributed by atoms with Gasteiger partial charge in [-0.2, -0.15) is 0 Å². The van der Waals surface area contributed by atoms with E-state index in [1.54, 1.807) is 0 Å². The molecule has 0 spiro atoms. The second kappa shape index (κ2) is 5.51. The molecule has 3 nitrogen and oxygen atoms in total. The van der Waals surface area contributed by atoms with Gasteiger partial charge in [-0.05, 0) is 25.2 Å². The minimum absolute atomic E-state index is 0.380. The fourth-order valence-electron chi connectivity index (χ4n) is 1.52. The van der Waals surface area contributed by atoms with Crippen molar-refractivity contribution in [1.82, 2.24) is 5.43 Å². The number of nitrogens with one attached hydrogen (secondary N) is 1. The SMILES string of the molecule is CCCOCC(NN)C1CCC1. The molecule has 0 radical (unpaired) electrons. The normalized spacial score (nSPS) is 20.5. The van der Waals surface area contributed by atoms with E-state index in [2.05, 4.69) is 12.3 Å². The van der Waals surface area contributed by atoms with Crippen LogP contribution in [0.3, 0.4) is 0 Å². The third-order valence-electron chi connectivity index (χ3n) is 2.58. The van der Waals surface area contributed by atoms with Crippen molar-refractivity contribution in [3.63, 3.8) is 0 Å². The molecular weight excluding hydrogens is 152 g/mol. The molecule has 0 aromatic rings. The fourth-order valence-corrected chi connectivity index (χ4v) is 1.52. The summed E-state index contributed by atoms with van der Waals surface area (Å²) in [5.41, 5.74) is 2.84. The van der Waals surface area contributed by atoms with Gasteiger partial charge in [0.25, 0.3) is 0 Å². The van der Waals surface area contributed by atoms with Crippen LogP contribution in [0.5, 0.6) is 0 Å². The first-order chi connectivity index (χ1) is 5.88. The van der Waals surface area contributed by atoms with Gasteiger partial charge < -0.3 is 4.74 Å². The zero-order valence-corrected chi connectivity index (χ0v) is 7.88. The average Bonchev–Trinajstić information content (AvgIpc) is 1.99. The summed E-state index contributed by atoms with van der Waals surface area (Å²) < 4.78 is 5.45. The van der Waals surface area contributed by atoms with E-state index >= 15 is 0 Å². The molecule has 0 amide bonds. The third kappa shape index (κ3) is 2.73. The van der Waals surface area contributed by atoms with Crippen molar-refractivity contribution in [2.45, 2.75) is 38.6 Å². The highest BCUT2D eigenvalue weighted by atomic mass is 16.5. The number of rotatable bonds is 6. The lowest BCUT2D eigenvalue weighted by Gasteiger charge is -2.32. The van der Waals surface area contributed by atoms with Crippen LogP contribution < -0.4 is 11.3 Å². The molecule has 0 aromatic carbocycles. The molecule has 3 N–H and O–H groups in total. The van der Waals surface area contributed by atoms with Crippen molar-refractivity contribution in [1.29, 1.82) is 0 Å². The van der Waals surface area contributed by atoms with Crippen LogP contribution in [0.1, 0.15) is 32.6 Å². The standard InChI is InChI=1S/C9H20N2O/c1-2-6-12-7-9(11-10)8-4-3-5-8/h8-9,11H,2-7,10H2,1H3. The van der Waals surface area contributed by atoms with Crippen LogP contribution >= 0.6 is 0 Å². The van der Waals surface area contributed by atoms with Gasteiger partial charge in [-0.1, -0.05) is 13.3 Å². The molecule has 72 valence electrons. The zero-order valence-electron chi connectivity index (χ0n) is 7.88. The van der Waals surface area contributed by atoms with Crippen molar-refractivity contribution in [2.75, 3.05) is 13.2 Å². The number of nitrogens with two attached hydrogens (primary N) is 1. The van der Waals surface area contributed by atoms with E-state index in [4.69, 9.17) is 10.6 Å². The van der Waals surface area contributed by atoms with Crippen LogP contribution in [0.2, 0.25) is 0 Å². The molecule has 0 heterocycles. The highest BCUT2D eigenvalue weighted by Gasteiger charge is 2.26. The van der Waals surface area contributed by atoms with E-state index in [0.717, 1.165) is 25.6 Å². The molecule has 3 heteroatoms. The zero-order chi connectivity index (χ0) is 8.81. The van der Waals surface area contributed by atoms with Crippen LogP contribution in [-0.4, -0.2) is 19.3 Å². The van der Waals surface area contributed by atoms with Crippen LogP contribution in [0, 0.1) is 5.92 Å². The van der Waals surface area contributed by atoms with Gasteiger partial charge in [0.15, 0.2) is 0 Å². The monoisotopic (exact) mass is 172 g/mol.